The number of hydrogen-bond donors (Lipinski definition) is 1. The van der Waals surface area contributed by atoms with E-state index >= 15 is 0 Å². The SMILES string of the molecule is FC(F)(F)Oc1ccc(COc2cccc(-c3cnc4c(-c5nnn[nH]5)cnn4c3C3CCCCC3)c2)cc1Cl. The van der Waals surface area contributed by atoms with Crippen molar-refractivity contribution >= 4 is 17.2 Å². The summed E-state index contributed by atoms with van der Waals surface area (Å²) in [5.41, 5.74) is 4.93. The Morgan fingerprint density at radius 1 is 1.02 bits per heavy atom. The van der Waals surface area contributed by atoms with Crippen LogP contribution in [0.15, 0.2) is 54.9 Å². The molecule has 40 heavy (non-hydrogen) atoms. The lowest BCUT2D eigenvalue weighted by molar-refractivity contribution is -0.274. The molecule has 0 radical (unpaired) electrons. The van der Waals surface area contributed by atoms with Crippen LogP contribution in [0.4, 0.5) is 13.2 Å². The Morgan fingerprint density at radius 2 is 1.88 bits per heavy atom. The van der Waals surface area contributed by atoms with Crippen LogP contribution >= 0.6 is 11.6 Å². The molecule has 3 aromatic heterocycles. The van der Waals surface area contributed by atoms with Gasteiger partial charge in [0.1, 0.15) is 18.1 Å². The summed E-state index contributed by atoms with van der Waals surface area (Å²) in [6.45, 7) is 0.107. The minimum absolute atomic E-state index is 0.107. The molecule has 0 amide bonds. The number of nitrogens with one attached hydrogen (secondary N) is 1. The van der Waals surface area contributed by atoms with Crippen molar-refractivity contribution in [1.82, 2.24) is 35.2 Å². The van der Waals surface area contributed by atoms with E-state index in [1.807, 2.05) is 35.0 Å². The van der Waals surface area contributed by atoms with Gasteiger partial charge in [-0.05, 0) is 58.7 Å². The van der Waals surface area contributed by atoms with Crippen LogP contribution in [0.5, 0.6) is 11.5 Å². The second-order valence-corrected chi connectivity index (χ2v) is 9.97. The van der Waals surface area contributed by atoms with Crippen LogP contribution in [-0.4, -0.2) is 41.6 Å². The molecular formula is C27H23ClF3N7O2. The average molecular weight is 570 g/mol. The number of nitrogens with zero attached hydrogens (tertiary/aromatic N) is 6. The summed E-state index contributed by atoms with van der Waals surface area (Å²) < 4.78 is 49.4. The van der Waals surface area contributed by atoms with Gasteiger partial charge < -0.3 is 9.47 Å². The minimum Gasteiger partial charge on any atom is -0.489 e. The molecule has 5 aromatic rings. The molecule has 0 aliphatic heterocycles. The number of ether oxygens (including phenoxy) is 2. The van der Waals surface area contributed by atoms with Crippen molar-refractivity contribution in [2.24, 2.45) is 0 Å². The third-order valence-electron chi connectivity index (χ3n) is 6.93. The van der Waals surface area contributed by atoms with Gasteiger partial charge in [0, 0.05) is 17.7 Å². The van der Waals surface area contributed by atoms with Gasteiger partial charge in [0.2, 0.25) is 0 Å². The highest BCUT2D eigenvalue weighted by Crippen LogP contribution is 2.39. The smallest absolute Gasteiger partial charge is 0.489 e. The van der Waals surface area contributed by atoms with Crippen molar-refractivity contribution in [3.8, 4) is 34.0 Å². The number of H-pyrrole nitrogens is 1. The number of halogens is 4. The molecule has 0 spiro atoms. The summed E-state index contributed by atoms with van der Waals surface area (Å²) in [6, 6.07) is 11.7. The van der Waals surface area contributed by atoms with E-state index < -0.39 is 12.1 Å². The third kappa shape index (κ3) is 5.44. The van der Waals surface area contributed by atoms with E-state index in [4.69, 9.17) is 21.3 Å². The second kappa shape index (κ2) is 10.8. The number of rotatable bonds is 7. The number of tetrazole rings is 1. The Morgan fingerprint density at radius 3 is 2.62 bits per heavy atom. The predicted molar refractivity (Wildman–Crippen MR) is 140 cm³/mol. The molecule has 13 heteroatoms. The van der Waals surface area contributed by atoms with E-state index in [0.717, 1.165) is 48.1 Å². The van der Waals surface area contributed by atoms with Crippen LogP contribution in [0.2, 0.25) is 5.02 Å². The van der Waals surface area contributed by atoms with Crippen molar-refractivity contribution in [2.45, 2.75) is 51.0 Å². The minimum atomic E-state index is -4.82. The van der Waals surface area contributed by atoms with E-state index in [9.17, 15) is 13.2 Å². The van der Waals surface area contributed by atoms with E-state index in [1.165, 1.54) is 24.6 Å². The van der Waals surface area contributed by atoms with Crippen molar-refractivity contribution < 1.29 is 22.6 Å². The molecule has 0 atom stereocenters. The van der Waals surface area contributed by atoms with Gasteiger partial charge in [-0.25, -0.2) is 14.6 Å². The fourth-order valence-electron chi connectivity index (χ4n) is 5.14. The van der Waals surface area contributed by atoms with E-state index in [0.29, 0.717) is 28.7 Å². The van der Waals surface area contributed by atoms with Crippen molar-refractivity contribution in [1.29, 1.82) is 0 Å². The number of benzene rings is 2. The summed E-state index contributed by atoms with van der Waals surface area (Å²) in [5, 5.41) is 18.7. The first-order valence-corrected chi connectivity index (χ1v) is 13.1. The first-order chi connectivity index (χ1) is 19.4. The maximum atomic E-state index is 12.5. The highest BCUT2D eigenvalue weighted by Gasteiger charge is 2.32. The molecule has 1 fully saturated rings. The van der Waals surface area contributed by atoms with Gasteiger partial charge in [-0.3, -0.25) is 0 Å². The van der Waals surface area contributed by atoms with Crippen LogP contribution in [0.3, 0.4) is 0 Å². The quantitative estimate of drug-likeness (QED) is 0.231. The van der Waals surface area contributed by atoms with E-state index in [1.54, 1.807) is 6.20 Å². The maximum Gasteiger partial charge on any atom is 0.573 e. The van der Waals surface area contributed by atoms with Gasteiger partial charge in [0.15, 0.2) is 11.5 Å². The van der Waals surface area contributed by atoms with Gasteiger partial charge in [-0.2, -0.15) is 5.10 Å². The van der Waals surface area contributed by atoms with Crippen molar-refractivity contribution in [2.75, 3.05) is 0 Å². The zero-order valence-electron chi connectivity index (χ0n) is 21.0. The molecule has 1 N–H and O–H groups in total. The Kier molecular flexibility index (Phi) is 7.01. The number of aromatic amines is 1. The van der Waals surface area contributed by atoms with Gasteiger partial charge >= 0.3 is 6.36 Å². The summed E-state index contributed by atoms with van der Waals surface area (Å²) in [4.78, 5) is 4.73. The molecule has 0 saturated heterocycles. The molecule has 206 valence electrons. The summed E-state index contributed by atoms with van der Waals surface area (Å²) in [5.74, 6) is 0.935. The number of hydrogen-bond acceptors (Lipinski definition) is 7. The standard InChI is InChI=1S/C27H23ClF3N7O2/c28-22-11-16(9-10-23(22)40-27(29,30)31)15-39-19-8-4-7-18(12-19)20-13-32-26-21(25-34-36-37-35-25)14-33-38(26)24(20)17-5-2-1-3-6-17/h4,7-14,17H,1-3,5-6,15H2,(H,34,35,36,37). The fourth-order valence-corrected chi connectivity index (χ4v) is 5.38. The third-order valence-corrected chi connectivity index (χ3v) is 7.22. The van der Waals surface area contributed by atoms with Crippen LogP contribution < -0.4 is 9.47 Å². The van der Waals surface area contributed by atoms with Gasteiger partial charge in [-0.1, -0.05) is 49.1 Å². The first-order valence-electron chi connectivity index (χ1n) is 12.7. The Balaban J connectivity index is 1.30. The number of alkyl halides is 3. The lowest BCUT2D eigenvalue weighted by Crippen LogP contribution is -2.17. The monoisotopic (exact) mass is 569 g/mol. The first kappa shape index (κ1) is 26.1. The van der Waals surface area contributed by atoms with Gasteiger partial charge in [0.25, 0.3) is 0 Å². The lowest BCUT2D eigenvalue weighted by atomic mass is 9.84. The molecule has 9 nitrogen and oxygen atoms in total. The zero-order valence-corrected chi connectivity index (χ0v) is 21.8. The molecule has 1 aliphatic carbocycles. The van der Waals surface area contributed by atoms with Crippen LogP contribution in [0.25, 0.3) is 28.2 Å². The Labute approximate surface area is 231 Å². The second-order valence-electron chi connectivity index (χ2n) is 9.56. The fraction of sp³-hybridized carbons (Fsp3) is 0.296. The molecule has 2 aromatic carbocycles. The van der Waals surface area contributed by atoms with Crippen LogP contribution in [-0.2, 0) is 6.61 Å². The molecule has 1 saturated carbocycles. The molecule has 0 unspecified atom stereocenters. The molecule has 3 heterocycles. The Hall–Kier alpha value is -4.19. The Bertz CT molecular complexity index is 1630. The summed E-state index contributed by atoms with van der Waals surface area (Å²) >= 11 is 5.99. The summed E-state index contributed by atoms with van der Waals surface area (Å²) in [7, 11) is 0. The van der Waals surface area contributed by atoms with Gasteiger partial charge in [-0.15, -0.1) is 18.3 Å². The predicted octanol–water partition coefficient (Wildman–Crippen LogP) is 6.76. The van der Waals surface area contributed by atoms with Crippen LogP contribution in [0.1, 0.15) is 49.3 Å². The zero-order chi connectivity index (χ0) is 27.7. The van der Waals surface area contributed by atoms with Crippen molar-refractivity contribution in [3.63, 3.8) is 0 Å². The molecular weight excluding hydrogens is 547 g/mol. The van der Waals surface area contributed by atoms with E-state index in [-0.39, 0.29) is 11.6 Å². The largest absolute Gasteiger partial charge is 0.573 e. The normalized spacial score (nSPS) is 14.5. The summed E-state index contributed by atoms with van der Waals surface area (Å²) in [6.07, 6.45) is 4.36. The molecule has 0 bridgehead atoms. The van der Waals surface area contributed by atoms with Gasteiger partial charge in [0.05, 0.1) is 22.5 Å². The maximum absolute atomic E-state index is 12.5. The lowest BCUT2D eigenvalue weighted by Gasteiger charge is -2.25. The molecule has 6 rings (SSSR count). The van der Waals surface area contributed by atoms with Crippen molar-refractivity contribution in [3.05, 3.63) is 71.1 Å². The highest BCUT2D eigenvalue weighted by atomic mass is 35.5. The average Bonchev–Trinajstić information content (AvgIpc) is 3.63. The molecule has 1 aliphatic rings. The highest BCUT2D eigenvalue weighted by molar-refractivity contribution is 6.32. The number of fused-ring (bicyclic) bond motifs is 1. The van der Waals surface area contributed by atoms with Crippen LogP contribution in [0, 0.1) is 0 Å². The number of aromatic nitrogens is 7. The topological polar surface area (TPSA) is 103 Å². The van der Waals surface area contributed by atoms with E-state index in [2.05, 4.69) is 30.5 Å².